The largest absolute Gasteiger partial charge is 0.488 e. The highest BCUT2D eigenvalue weighted by Gasteiger charge is 2.43. The van der Waals surface area contributed by atoms with Crippen LogP contribution in [0.3, 0.4) is 0 Å². The van der Waals surface area contributed by atoms with Gasteiger partial charge in [0.2, 0.25) is 0 Å². The van der Waals surface area contributed by atoms with E-state index in [2.05, 4.69) is 0 Å². The third-order valence-corrected chi connectivity index (χ3v) is 6.21. The second kappa shape index (κ2) is 12.1. The summed E-state index contributed by atoms with van der Waals surface area (Å²) >= 11 is 0. The van der Waals surface area contributed by atoms with Crippen LogP contribution < -0.4 is 10.9 Å². The van der Waals surface area contributed by atoms with Crippen LogP contribution in [0.15, 0.2) is 36.4 Å². The van der Waals surface area contributed by atoms with Gasteiger partial charge in [-0.1, -0.05) is 36.4 Å². The van der Waals surface area contributed by atoms with E-state index in [4.69, 9.17) is 18.9 Å². The zero-order valence-corrected chi connectivity index (χ0v) is 19.2. The van der Waals surface area contributed by atoms with Crippen molar-refractivity contribution in [3.8, 4) is 11.1 Å². The molecule has 0 aromatic heterocycles. The van der Waals surface area contributed by atoms with E-state index in [1.807, 2.05) is 24.3 Å². The van der Waals surface area contributed by atoms with Gasteiger partial charge in [-0.2, -0.15) is 0 Å². The van der Waals surface area contributed by atoms with E-state index in [9.17, 15) is 20.1 Å². The summed E-state index contributed by atoms with van der Waals surface area (Å²) in [6, 6.07) is 10.8. The lowest BCUT2D eigenvalue weighted by molar-refractivity contribution is 0.0491. The van der Waals surface area contributed by atoms with Gasteiger partial charge < -0.3 is 39.0 Å². The molecule has 178 valence electrons. The lowest BCUT2D eigenvalue weighted by atomic mass is 9.69. The fraction of sp³-hybridized carbons (Fsp3) is 0.478. The quantitative estimate of drug-likeness (QED) is 0.220. The molecule has 1 aliphatic rings. The van der Waals surface area contributed by atoms with Crippen molar-refractivity contribution in [1.82, 2.24) is 0 Å². The maximum absolute atomic E-state index is 9.82. The van der Waals surface area contributed by atoms with Crippen molar-refractivity contribution in [2.75, 3.05) is 53.9 Å². The number of benzene rings is 2. The van der Waals surface area contributed by atoms with Crippen molar-refractivity contribution in [3.05, 3.63) is 47.5 Å². The molecular weight excluding hydrogens is 426 g/mol. The molecule has 2 aromatic rings. The Morgan fingerprint density at radius 1 is 0.636 bits per heavy atom. The summed E-state index contributed by atoms with van der Waals surface area (Å²) in [5.74, 6) is 0. The lowest BCUT2D eigenvalue weighted by Crippen LogP contribution is -2.35. The first-order chi connectivity index (χ1) is 15.9. The first-order valence-corrected chi connectivity index (χ1v) is 11.1. The highest BCUT2D eigenvalue weighted by atomic mass is 16.5. The predicted octanol–water partition coefficient (Wildman–Crippen LogP) is -0.581. The van der Waals surface area contributed by atoms with Gasteiger partial charge in [-0.05, 0) is 46.0 Å². The molecule has 0 atom stereocenters. The second-order valence-corrected chi connectivity index (χ2v) is 8.15. The monoisotopic (exact) mass is 458 g/mol. The van der Waals surface area contributed by atoms with Gasteiger partial charge in [0, 0.05) is 32.8 Å². The van der Waals surface area contributed by atoms with Crippen molar-refractivity contribution >= 4 is 25.2 Å². The van der Waals surface area contributed by atoms with Gasteiger partial charge in [-0.15, -0.1) is 0 Å². The van der Waals surface area contributed by atoms with Crippen molar-refractivity contribution in [2.24, 2.45) is 0 Å². The number of hydrogen-bond acceptors (Lipinski definition) is 8. The Morgan fingerprint density at radius 3 is 1.42 bits per heavy atom. The summed E-state index contributed by atoms with van der Waals surface area (Å²) in [5.41, 5.74) is 4.06. The van der Waals surface area contributed by atoms with Gasteiger partial charge in [0.1, 0.15) is 0 Å². The Hall–Kier alpha value is -1.75. The Bertz CT molecular complexity index is 833. The normalized spacial score (nSPS) is 13.6. The molecule has 10 heteroatoms. The number of ether oxygens (including phenoxy) is 4. The first kappa shape index (κ1) is 25.9. The van der Waals surface area contributed by atoms with Crippen LogP contribution in [0.1, 0.15) is 24.0 Å². The summed E-state index contributed by atoms with van der Waals surface area (Å²) in [5, 5.41) is 39.3. The molecule has 8 nitrogen and oxygen atoms in total. The molecule has 0 saturated heterocycles. The Kier molecular flexibility index (Phi) is 9.48. The molecule has 33 heavy (non-hydrogen) atoms. The van der Waals surface area contributed by atoms with Crippen LogP contribution >= 0.6 is 0 Å². The van der Waals surface area contributed by atoms with Gasteiger partial charge in [-0.25, -0.2) is 0 Å². The average Bonchev–Trinajstić information content (AvgIpc) is 3.07. The molecule has 0 heterocycles. The van der Waals surface area contributed by atoms with E-state index in [0.29, 0.717) is 63.4 Å². The van der Waals surface area contributed by atoms with E-state index in [0.717, 1.165) is 22.3 Å². The number of methoxy groups -OCH3 is 2. The second-order valence-electron chi connectivity index (χ2n) is 8.15. The predicted molar refractivity (Wildman–Crippen MR) is 127 cm³/mol. The third kappa shape index (κ3) is 5.85. The maximum Gasteiger partial charge on any atom is 0.488 e. The minimum Gasteiger partial charge on any atom is -0.423 e. The number of hydrogen-bond donors (Lipinski definition) is 4. The molecule has 0 radical (unpaired) electrons. The van der Waals surface area contributed by atoms with Crippen LogP contribution in [0.4, 0.5) is 0 Å². The van der Waals surface area contributed by atoms with Crippen LogP contribution in [0.2, 0.25) is 0 Å². The van der Waals surface area contributed by atoms with E-state index in [1.54, 1.807) is 26.4 Å². The maximum atomic E-state index is 9.82. The third-order valence-electron chi connectivity index (χ3n) is 6.21. The standard InChI is InChI=1S/C23H32B2O8/c1-30-11-13-32-9-7-23(8-10-33-14-12-31-2)21-15-17(24(26)27)3-5-19(21)20-6-4-18(25(28)29)16-22(20)23/h3-6,15-16,26-29H,7-14H2,1-2H3. The van der Waals surface area contributed by atoms with Gasteiger partial charge in [0.05, 0.1) is 26.4 Å². The Balaban J connectivity index is 2.04. The molecule has 0 fully saturated rings. The smallest absolute Gasteiger partial charge is 0.423 e. The van der Waals surface area contributed by atoms with E-state index in [1.165, 1.54) is 0 Å². The van der Waals surface area contributed by atoms with E-state index >= 15 is 0 Å². The molecule has 2 aromatic carbocycles. The molecule has 0 saturated carbocycles. The molecule has 0 bridgehead atoms. The van der Waals surface area contributed by atoms with E-state index < -0.39 is 19.7 Å². The van der Waals surface area contributed by atoms with Crippen LogP contribution in [-0.2, 0) is 24.4 Å². The van der Waals surface area contributed by atoms with Crippen LogP contribution in [0.25, 0.3) is 11.1 Å². The van der Waals surface area contributed by atoms with Crippen molar-refractivity contribution < 1.29 is 39.0 Å². The summed E-state index contributed by atoms with van der Waals surface area (Å²) < 4.78 is 21.8. The summed E-state index contributed by atoms with van der Waals surface area (Å²) in [4.78, 5) is 0. The molecule has 0 aliphatic heterocycles. The van der Waals surface area contributed by atoms with Gasteiger partial charge in [-0.3, -0.25) is 0 Å². The molecule has 0 spiro atoms. The molecule has 3 rings (SSSR count). The minimum atomic E-state index is -1.59. The van der Waals surface area contributed by atoms with Gasteiger partial charge >= 0.3 is 14.2 Å². The van der Waals surface area contributed by atoms with Crippen molar-refractivity contribution in [3.63, 3.8) is 0 Å². The first-order valence-electron chi connectivity index (χ1n) is 11.1. The van der Waals surface area contributed by atoms with Crippen molar-refractivity contribution in [1.29, 1.82) is 0 Å². The molecule has 0 unspecified atom stereocenters. The highest BCUT2D eigenvalue weighted by Crippen LogP contribution is 2.52. The van der Waals surface area contributed by atoms with Gasteiger partial charge in [0.25, 0.3) is 0 Å². The topological polar surface area (TPSA) is 118 Å². The summed E-state index contributed by atoms with van der Waals surface area (Å²) in [7, 11) is 0.0504. The zero-order valence-electron chi connectivity index (χ0n) is 19.2. The van der Waals surface area contributed by atoms with E-state index in [-0.39, 0.29) is 0 Å². The molecule has 4 N–H and O–H groups in total. The lowest BCUT2D eigenvalue weighted by Gasteiger charge is -2.33. The number of fused-ring (bicyclic) bond motifs is 3. The fourth-order valence-corrected chi connectivity index (χ4v) is 4.50. The SMILES string of the molecule is COCCOCCC1(CCOCCOC)c2cc(B(O)O)ccc2-c2ccc(B(O)O)cc21. The van der Waals surface area contributed by atoms with Crippen LogP contribution in [0.5, 0.6) is 0 Å². The zero-order chi connectivity index (χ0) is 23.8. The Labute approximate surface area is 195 Å². The molecule has 1 aliphatic carbocycles. The van der Waals surface area contributed by atoms with Crippen LogP contribution in [0, 0.1) is 0 Å². The highest BCUT2D eigenvalue weighted by molar-refractivity contribution is 6.59. The minimum absolute atomic E-state index is 0.397. The Morgan fingerprint density at radius 2 is 1.06 bits per heavy atom. The summed E-state index contributed by atoms with van der Waals surface area (Å²) in [6.45, 7) is 2.78. The summed E-state index contributed by atoms with van der Waals surface area (Å²) in [6.07, 6.45) is 1.20. The van der Waals surface area contributed by atoms with Crippen LogP contribution in [-0.4, -0.2) is 88.2 Å². The fourth-order valence-electron chi connectivity index (χ4n) is 4.50. The molecule has 0 amide bonds. The van der Waals surface area contributed by atoms with Crippen molar-refractivity contribution in [2.45, 2.75) is 18.3 Å². The number of rotatable bonds is 14. The average molecular weight is 458 g/mol. The molecular formula is C23H32B2O8. The van der Waals surface area contributed by atoms with Gasteiger partial charge in [0.15, 0.2) is 0 Å².